The molecule has 2 heterocycles. The van der Waals surface area contributed by atoms with E-state index < -0.39 is 0 Å². The van der Waals surface area contributed by atoms with Crippen LogP contribution in [0.3, 0.4) is 0 Å². The molecule has 1 saturated heterocycles. The topological polar surface area (TPSA) is 77.7 Å². The molecule has 1 saturated carbocycles. The lowest BCUT2D eigenvalue weighted by Gasteiger charge is -2.32. The largest absolute Gasteiger partial charge is 0.422 e. The van der Waals surface area contributed by atoms with Gasteiger partial charge in [0.05, 0.1) is 19.3 Å². The predicted octanol–water partition coefficient (Wildman–Crippen LogP) is 2.69. The quantitative estimate of drug-likeness (QED) is 0.812. The fraction of sp³-hybridized carbons (Fsp3) is 0.833. The first-order valence-corrected chi connectivity index (χ1v) is 9.37. The number of carbonyl (C=O) groups excluding carboxylic acids is 1. The van der Waals surface area contributed by atoms with E-state index in [-0.39, 0.29) is 30.6 Å². The van der Waals surface area contributed by atoms with E-state index in [2.05, 4.69) is 17.1 Å². The van der Waals surface area contributed by atoms with E-state index in [0.29, 0.717) is 37.4 Å². The van der Waals surface area contributed by atoms with Crippen molar-refractivity contribution in [2.24, 2.45) is 5.92 Å². The van der Waals surface area contributed by atoms with Crippen molar-refractivity contribution >= 4 is 5.91 Å². The molecule has 2 aliphatic rings. The average molecular weight is 351 g/mol. The molecule has 0 N–H and O–H groups in total. The van der Waals surface area contributed by atoms with E-state index in [4.69, 9.17) is 13.9 Å². The Hall–Kier alpha value is -1.47. The molecule has 7 heteroatoms. The van der Waals surface area contributed by atoms with Crippen molar-refractivity contribution in [3.63, 3.8) is 0 Å². The molecule has 0 unspecified atom stereocenters. The summed E-state index contributed by atoms with van der Waals surface area (Å²) in [6, 6.07) is 0. The first-order chi connectivity index (χ1) is 12.0. The summed E-state index contributed by atoms with van der Waals surface area (Å²) in [6.07, 6.45) is 4.43. The van der Waals surface area contributed by atoms with Gasteiger partial charge in [-0.2, -0.15) is 0 Å². The van der Waals surface area contributed by atoms with Gasteiger partial charge in [-0.05, 0) is 18.8 Å². The van der Waals surface area contributed by atoms with Gasteiger partial charge in [-0.1, -0.05) is 33.6 Å². The molecule has 0 spiro atoms. The minimum absolute atomic E-state index is 0.00937. The van der Waals surface area contributed by atoms with Gasteiger partial charge in [-0.3, -0.25) is 4.79 Å². The van der Waals surface area contributed by atoms with E-state index in [9.17, 15) is 4.79 Å². The van der Waals surface area contributed by atoms with Crippen LogP contribution >= 0.6 is 0 Å². The van der Waals surface area contributed by atoms with Crippen LogP contribution in [0.1, 0.15) is 70.3 Å². The third-order valence-corrected chi connectivity index (χ3v) is 4.98. The molecule has 3 atom stereocenters. The highest BCUT2D eigenvalue weighted by atomic mass is 16.5. The number of ether oxygens (including phenoxy) is 2. The van der Waals surface area contributed by atoms with Gasteiger partial charge in [0.2, 0.25) is 17.7 Å². The molecule has 1 aromatic rings. The Morgan fingerprint density at radius 3 is 2.92 bits per heavy atom. The summed E-state index contributed by atoms with van der Waals surface area (Å²) in [4.78, 5) is 14.3. The van der Waals surface area contributed by atoms with Crippen LogP contribution in [0.2, 0.25) is 0 Å². The molecule has 3 rings (SSSR count). The third-order valence-electron chi connectivity index (χ3n) is 4.98. The van der Waals surface area contributed by atoms with Crippen LogP contribution in [0.5, 0.6) is 0 Å². The maximum Gasteiger partial charge on any atom is 0.248 e. The second-order valence-electron chi connectivity index (χ2n) is 7.54. The number of amides is 1. The number of nitrogens with zero attached hydrogens (tertiary/aromatic N) is 3. The number of aromatic nitrogens is 2. The van der Waals surface area contributed by atoms with Crippen LogP contribution < -0.4 is 0 Å². The molecule has 7 nitrogen and oxygen atoms in total. The minimum atomic E-state index is -0.354. The van der Waals surface area contributed by atoms with Crippen molar-refractivity contribution in [1.82, 2.24) is 15.1 Å². The molecule has 1 amide bonds. The van der Waals surface area contributed by atoms with Gasteiger partial charge in [0.15, 0.2) is 6.10 Å². The Morgan fingerprint density at radius 2 is 2.20 bits per heavy atom. The van der Waals surface area contributed by atoms with E-state index in [1.165, 1.54) is 12.8 Å². The molecule has 140 valence electrons. The zero-order valence-electron chi connectivity index (χ0n) is 15.4. The summed E-state index contributed by atoms with van der Waals surface area (Å²) >= 11 is 0. The first kappa shape index (κ1) is 18.3. The summed E-state index contributed by atoms with van der Waals surface area (Å²) in [7, 11) is 0. The van der Waals surface area contributed by atoms with E-state index >= 15 is 0 Å². The highest BCUT2D eigenvalue weighted by Crippen LogP contribution is 2.26. The Labute approximate surface area is 149 Å². The van der Waals surface area contributed by atoms with Crippen LogP contribution in [0.4, 0.5) is 0 Å². The van der Waals surface area contributed by atoms with Crippen molar-refractivity contribution < 1.29 is 18.7 Å². The second-order valence-corrected chi connectivity index (χ2v) is 7.54. The zero-order chi connectivity index (χ0) is 17.8. The molecule has 0 bridgehead atoms. The Kier molecular flexibility index (Phi) is 6.06. The molecule has 1 aliphatic carbocycles. The molecular weight excluding hydrogens is 322 g/mol. The molecule has 2 fully saturated rings. The lowest BCUT2D eigenvalue weighted by atomic mass is 9.89. The predicted molar refractivity (Wildman–Crippen MR) is 91.0 cm³/mol. The van der Waals surface area contributed by atoms with Crippen LogP contribution in [-0.4, -0.2) is 53.4 Å². The van der Waals surface area contributed by atoms with Crippen molar-refractivity contribution in [2.45, 2.75) is 64.6 Å². The summed E-state index contributed by atoms with van der Waals surface area (Å²) in [5, 5.41) is 8.11. The lowest BCUT2D eigenvalue weighted by Crippen LogP contribution is -2.44. The smallest absolute Gasteiger partial charge is 0.248 e. The first-order valence-electron chi connectivity index (χ1n) is 9.37. The van der Waals surface area contributed by atoms with Gasteiger partial charge in [0.25, 0.3) is 0 Å². The summed E-state index contributed by atoms with van der Waals surface area (Å²) < 4.78 is 17.2. The summed E-state index contributed by atoms with van der Waals surface area (Å²) in [5.41, 5.74) is 0. The summed E-state index contributed by atoms with van der Waals surface area (Å²) in [6.45, 7) is 7.87. The van der Waals surface area contributed by atoms with Gasteiger partial charge >= 0.3 is 0 Å². The number of rotatable bonds is 5. The van der Waals surface area contributed by atoms with Crippen molar-refractivity contribution in [3.05, 3.63) is 11.8 Å². The fourth-order valence-corrected chi connectivity index (χ4v) is 3.45. The highest BCUT2D eigenvalue weighted by molar-refractivity contribution is 5.77. The molecule has 1 aliphatic heterocycles. The molecule has 0 radical (unpaired) electrons. The summed E-state index contributed by atoms with van der Waals surface area (Å²) in [5.74, 6) is 1.92. The third kappa shape index (κ3) is 4.79. The van der Waals surface area contributed by atoms with Crippen LogP contribution in [0.15, 0.2) is 4.42 Å². The van der Waals surface area contributed by atoms with Crippen molar-refractivity contribution in [3.8, 4) is 0 Å². The van der Waals surface area contributed by atoms with Gasteiger partial charge < -0.3 is 18.8 Å². The van der Waals surface area contributed by atoms with Gasteiger partial charge in [-0.15, -0.1) is 10.2 Å². The Bertz CT molecular complexity index is 574. The maximum absolute atomic E-state index is 12.5. The Morgan fingerprint density at radius 1 is 1.36 bits per heavy atom. The highest BCUT2D eigenvalue weighted by Gasteiger charge is 2.30. The van der Waals surface area contributed by atoms with Gasteiger partial charge in [-0.25, -0.2) is 0 Å². The monoisotopic (exact) mass is 351 g/mol. The normalized spacial score (nSPS) is 27.7. The maximum atomic E-state index is 12.5. The van der Waals surface area contributed by atoms with Crippen molar-refractivity contribution in [1.29, 1.82) is 0 Å². The van der Waals surface area contributed by atoms with E-state index in [0.717, 1.165) is 12.8 Å². The molecule has 0 aromatic carbocycles. The number of hydrogen-bond donors (Lipinski definition) is 0. The van der Waals surface area contributed by atoms with Gasteiger partial charge in [0.1, 0.15) is 6.61 Å². The second kappa shape index (κ2) is 8.27. The molecular formula is C18H29N3O4. The molecule has 25 heavy (non-hydrogen) atoms. The van der Waals surface area contributed by atoms with E-state index in [1.807, 2.05) is 13.8 Å². The van der Waals surface area contributed by atoms with E-state index in [1.54, 1.807) is 4.90 Å². The fourth-order valence-electron chi connectivity index (χ4n) is 3.45. The van der Waals surface area contributed by atoms with Crippen LogP contribution in [-0.2, 0) is 14.3 Å². The van der Waals surface area contributed by atoms with Gasteiger partial charge in [0, 0.05) is 12.5 Å². The average Bonchev–Trinajstić information content (AvgIpc) is 3.10. The zero-order valence-corrected chi connectivity index (χ0v) is 15.4. The number of hydrogen-bond acceptors (Lipinski definition) is 6. The number of carbonyl (C=O) groups is 1. The molecule has 1 aromatic heterocycles. The minimum Gasteiger partial charge on any atom is -0.422 e. The van der Waals surface area contributed by atoms with Crippen LogP contribution in [0, 0.1) is 5.92 Å². The lowest BCUT2D eigenvalue weighted by molar-refractivity contribution is -0.147. The standard InChI is InChI=1S/C18H29N3O4/c1-12(2)17-19-20-18(25-17)15-10-21(7-8-23-15)16(22)11-24-14-6-4-5-13(3)9-14/h12-15H,4-11H2,1-3H3/t13-,14-,15-/m1/s1. The van der Waals surface area contributed by atoms with Crippen molar-refractivity contribution in [2.75, 3.05) is 26.3 Å². The van der Waals surface area contributed by atoms with Crippen LogP contribution in [0.25, 0.3) is 0 Å². The SMILES string of the molecule is CC(C)c1nnc([C@H]2CN(C(=O)CO[C@@H]3CCC[C@@H](C)C3)CCO2)o1. The Balaban J connectivity index is 1.50. The number of morpholine rings is 1.